The van der Waals surface area contributed by atoms with Gasteiger partial charge in [-0.1, -0.05) is 20.3 Å². The van der Waals surface area contributed by atoms with Crippen LogP contribution in [-0.2, 0) is 4.79 Å². The van der Waals surface area contributed by atoms with Crippen molar-refractivity contribution in [1.82, 2.24) is 4.90 Å². The van der Waals surface area contributed by atoms with Crippen molar-refractivity contribution in [3.05, 3.63) is 0 Å². The summed E-state index contributed by atoms with van der Waals surface area (Å²) < 4.78 is 0. The van der Waals surface area contributed by atoms with E-state index in [4.69, 9.17) is 0 Å². The molecule has 2 unspecified atom stereocenters. The summed E-state index contributed by atoms with van der Waals surface area (Å²) in [6.45, 7) is 5.56. The zero-order valence-electron chi connectivity index (χ0n) is 9.20. The van der Waals surface area contributed by atoms with Crippen LogP contribution in [0.5, 0.6) is 0 Å². The lowest BCUT2D eigenvalue weighted by molar-refractivity contribution is -0.135. The first-order valence-electron chi connectivity index (χ1n) is 5.59. The third-order valence-corrected chi connectivity index (χ3v) is 2.97. The van der Waals surface area contributed by atoms with Gasteiger partial charge in [0.25, 0.3) is 0 Å². The standard InChI is InChI=1S/C11H21NO2/c1-3-9(2)7-11(14)12-6-4-5-10(13)8-12/h9-10,13H,3-8H2,1-2H3. The van der Waals surface area contributed by atoms with Crippen molar-refractivity contribution in [2.75, 3.05) is 13.1 Å². The van der Waals surface area contributed by atoms with Crippen LogP contribution in [0, 0.1) is 5.92 Å². The van der Waals surface area contributed by atoms with Crippen LogP contribution in [0.25, 0.3) is 0 Å². The Labute approximate surface area is 86.1 Å². The Balaban J connectivity index is 2.36. The Kier molecular flexibility index (Phi) is 4.39. The number of β-amino-alcohol motifs (C(OH)–C–C–N with tert-alkyl or cyclic N) is 1. The average Bonchev–Trinajstić information content (AvgIpc) is 2.17. The van der Waals surface area contributed by atoms with E-state index in [2.05, 4.69) is 13.8 Å². The van der Waals surface area contributed by atoms with E-state index in [1.807, 2.05) is 0 Å². The summed E-state index contributed by atoms with van der Waals surface area (Å²) in [5, 5.41) is 9.43. The lowest BCUT2D eigenvalue weighted by atomic mass is 10.0. The maximum Gasteiger partial charge on any atom is 0.222 e. The van der Waals surface area contributed by atoms with Gasteiger partial charge in [0.1, 0.15) is 0 Å². The Morgan fingerprint density at radius 3 is 2.93 bits per heavy atom. The highest BCUT2D eigenvalue weighted by Crippen LogP contribution is 2.14. The minimum absolute atomic E-state index is 0.207. The summed E-state index contributed by atoms with van der Waals surface area (Å²) >= 11 is 0. The van der Waals surface area contributed by atoms with E-state index in [1.165, 1.54) is 0 Å². The number of rotatable bonds is 3. The fourth-order valence-corrected chi connectivity index (χ4v) is 1.75. The molecule has 1 amide bonds. The van der Waals surface area contributed by atoms with Crippen LogP contribution in [-0.4, -0.2) is 35.1 Å². The van der Waals surface area contributed by atoms with E-state index in [0.717, 1.165) is 25.8 Å². The first kappa shape index (κ1) is 11.5. The molecule has 82 valence electrons. The first-order chi connectivity index (χ1) is 6.63. The Bertz CT molecular complexity index is 194. The number of carbonyl (C=O) groups is 1. The van der Waals surface area contributed by atoms with Gasteiger partial charge in [0.05, 0.1) is 6.10 Å². The zero-order valence-corrected chi connectivity index (χ0v) is 9.20. The molecule has 1 rings (SSSR count). The summed E-state index contributed by atoms with van der Waals surface area (Å²) in [6.07, 6.45) is 3.15. The first-order valence-corrected chi connectivity index (χ1v) is 5.59. The zero-order chi connectivity index (χ0) is 10.6. The highest BCUT2D eigenvalue weighted by Gasteiger charge is 2.22. The maximum absolute atomic E-state index is 11.7. The molecule has 1 aliphatic heterocycles. The number of aliphatic hydroxyl groups excluding tert-OH is 1. The van der Waals surface area contributed by atoms with Crippen molar-refractivity contribution in [3.8, 4) is 0 Å². The van der Waals surface area contributed by atoms with Crippen molar-refractivity contribution in [1.29, 1.82) is 0 Å². The molecular formula is C11H21NO2. The number of nitrogens with zero attached hydrogens (tertiary/aromatic N) is 1. The van der Waals surface area contributed by atoms with E-state index >= 15 is 0 Å². The molecule has 0 aliphatic carbocycles. The van der Waals surface area contributed by atoms with E-state index in [9.17, 15) is 9.90 Å². The molecule has 0 spiro atoms. The lowest BCUT2D eigenvalue weighted by Gasteiger charge is -2.30. The molecule has 0 bridgehead atoms. The second kappa shape index (κ2) is 5.35. The molecule has 3 nitrogen and oxygen atoms in total. The largest absolute Gasteiger partial charge is 0.391 e. The molecular weight excluding hydrogens is 178 g/mol. The Morgan fingerprint density at radius 1 is 1.64 bits per heavy atom. The number of amides is 1. The van der Waals surface area contributed by atoms with Gasteiger partial charge in [-0.05, 0) is 18.8 Å². The van der Waals surface area contributed by atoms with Crippen LogP contribution >= 0.6 is 0 Å². The molecule has 0 saturated carbocycles. The molecule has 2 atom stereocenters. The maximum atomic E-state index is 11.7. The number of likely N-dealkylation sites (tertiary alicyclic amines) is 1. The van der Waals surface area contributed by atoms with Crippen LogP contribution in [0.4, 0.5) is 0 Å². The minimum atomic E-state index is -0.301. The van der Waals surface area contributed by atoms with Gasteiger partial charge in [-0.2, -0.15) is 0 Å². The summed E-state index contributed by atoms with van der Waals surface area (Å²) in [7, 11) is 0. The number of hydrogen-bond acceptors (Lipinski definition) is 2. The van der Waals surface area contributed by atoms with Crippen LogP contribution in [0.3, 0.4) is 0 Å². The molecule has 1 saturated heterocycles. The number of aliphatic hydroxyl groups is 1. The van der Waals surface area contributed by atoms with E-state index in [1.54, 1.807) is 4.90 Å². The van der Waals surface area contributed by atoms with Gasteiger partial charge in [-0.25, -0.2) is 0 Å². The fourth-order valence-electron chi connectivity index (χ4n) is 1.75. The van der Waals surface area contributed by atoms with Gasteiger partial charge in [-0.3, -0.25) is 4.79 Å². The van der Waals surface area contributed by atoms with Gasteiger partial charge < -0.3 is 10.0 Å². The molecule has 0 aromatic rings. The van der Waals surface area contributed by atoms with Crippen LogP contribution < -0.4 is 0 Å². The number of carbonyl (C=O) groups excluding carboxylic acids is 1. The summed E-state index contributed by atoms with van der Waals surface area (Å²) in [4.78, 5) is 13.5. The van der Waals surface area contributed by atoms with Crippen LogP contribution in [0.2, 0.25) is 0 Å². The van der Waals surface area contributed by atoms with Gasteiger partial charge in [-0.15, -0.1) is 0 Å². The molecule has 0 radical (unpaired) electrons. The average molecular weight is 199 g/mol. The minimum Gasteiger partial charge on any atom is -0.391 e. The summed E-state index contributed by atoms with van der Waals surface area (Å²) in [6, 6.07) is 0. The third kappa shape index (κ3) is 3.29. The predicted octanol–water partition coefficient (Wildman–Crippen LogP) is 1.41. The molecule has 1 aliphatic rings. The predicted molar refractivity (Wildman–Crippen MR) is 55.9 cm³/mol. The van der Waals surface area contributed by atoms with Crippen molar-refractivity contribution < 1.29 is 9.90 Å². The van der Waals surface area contributed by atoms with Gasteiger partial charge in [0, 0.05) is 19.5 Å². The monoisotopic (exact) mass is 199 g/mol. The van der Waals surface area contributed by atoms with E-state index in [-0.39, 0.29) is 12.0 Å². The summed E-state index contributed by atoms with van der Waals surface area (Å²) in [5.74, 6) is 0.666. The molecule has 14 heavy (non-hydrogen) atoms. The lowest BCUT2D eigenvalue weighted by Crippen LogP contribution is -2.42. The SMILES string of the molecule is CCC(C)CC(=O)N1CCCC(O)C1. The second-order valence-corrected chi connectivity index (χ2v) is 4.35. The highest BCUT2D eigenvalue weighted by molar-refractivity contribution is 5.76. The Hall–Kier alpha value is -0.570. The molecule has 0 aromatic heterocycles. The quantitative estimate of drug-likeness (QED) is 0.746. The van der Waals surface area contributed by atoms with Crippen molar-refractivity contribution in [2.45, 2.75) is 45.6 Å². The van der Waals surface area contributed by atoms with Crippen molar-refractivity contribution in [2.24, 2.45) is 5.92 Å². The van der Waals surface area contributed by atoms with Crippen molar-refractivity contribution in [3.63, 3.8) is 0 Å². The number of hydrogen-bond donors (Lipinski definition) is 1. The van der Waals surface area contributed by atoms with Gasteiger partial charge >= 0.3 is 0 Å². The van der Waals surface area contributed by atoms with E-state index < -0.39 is 0 Å². The van der Waals surface area contributed by atoms with Crippen LogP contribution in [0.15, 0.2) is 0 Å². The third-order valence-electron chi connectivity index (χ3n) is 2.97. The van der Waals surface area contributed by atoms with Crippen molar-refractivity contribution >= 4 is 5.91 Å². The molecule has 1 N–H and O–H groups in total. The molecule has 3 heteroatoms. The smallest absolute Gasteiger partial charge is 0.222 e. The van der Waals surface area contributed by atoms with Gasteiger partial charge in [0.15, 0.2) is 0 Å². The molecule has 1 heterocycles. The van der Waals surface area contributed by atoms with E-state index in [0.29, 0.717) is 18.9 Å². The molecule has 0 aromatic carbocycles. The van der Waals surface area contributed by atoms with Crippen LogP contribution in [0.1, 0.15) is 39.5 Å². The molecule has 1 fully saturated rings. The fraction of sp³-hybridized carbons (Fsp3) is 0.909. The number of piperidine rings is 1. The normalized spacial score (nSPS) is 24.8. The summed E-state index contributed by atoms with van der Waals surface area (Å²) in [5.41, 5.74) is 0. The van der Waals surface area contributed by atoms with Gasteiger partial charge in [0.2, 0.25) is 5.91 Å². The second-order valence-electron chi connectivity index (χ2n) is 4.35. The Morgan fingerprint density at radius 2 is 2.36 bits per heavy atom. The topological polar surface area (TPSA) is 40.5 Å². The highest BCUT2D eigenvalue weighted by atomic mass is 16.3.